The van der Waals surface area contributed by atoms with Crippen molar-refractivity contribution in [1.82, 2.24) is 19.9 Å². The molecule has 2 heterocycles. The van der Waals surface area contributed by atoms with Gasteiger partial charge < -0.3 is 5.32 Å². The Labute approximate surface area is 181 Å². The van der Waals surface area contributed by atoms with Crippen LogP contribution in [0.25, 0.3) is 5.65 Å². The van der Waals surface area contributed by atoms with Gasteiger partial charge in [0.1, 0.15) is 0 Å². The molecule has 4 aliphatic rings. The van der Waals surface area contributed by atoms with Crippen LogP contribution in [-0.2, 0) is 11.0 Å². The van der Waals surface area contributed by atoms with Crippen LogP contribution >= 0.6 is 23.4 Å². The molecule has 1 unspecified atom stereocenters. The summed E-state index contributed by atoms with van der Waals surface area (Å²) in [6, 6.07) is 0.837. The first-order valence-electron chi connectivity index (χ1n) is 10.2. The van der Waals surface area contributed by atoms with Crippen LogP contribution in [0.15, 0.2) is 17.4 Å². The van der Waals surface area contributed by atoms with Crippen LogP contribution in [0.4, 0.5) is 13.2 Å². The lowest BCUT2D eigenvalue weighted by Gasteiger charge is -2.57. The van der Waals surface area contributed by atoms with E-state index in [1.54, 1.807) is 6.92 Å². The SMILES string of the molecule is CC(Sc1nnc2c(Cl)cc(C(F)(F)F)cn12)C(=O)NC12CC3CC(CC(C3)C1)C2. The highest BCUT2D eigenvalue weighted by molar-refractivity contribution is 8.00. The molecule has 2 aromatic heterocycles. The molecular formula is C20H22ClF3N4OS. The van der Waals surface area contributed by atoms with E-state index in [0.717, 1.165) is 43.3 Å². The molecule has 162 valence electrons. The summed E-state index contributed by atoms with van der Waals surface area (Å²) in [6.07, 6.45) is 3.37. The molecule has 1 amide bonds. The number of nitrogens with one attached hydrogen (secondary N) is 1. The van der Waals surface area contributed by atoms with Crippen LogP contribution in [0, 0.1) is 17.8 Å². The standard InChI is InChI=1S/C20H22ClF3N4OS/c1-10(17(29)25-19-6-11-2-12(7-19)4-13(3-11)8-19)30-18-27-26-16-15(21)5-14(9-28(16)18)20(22,23)24/h5,9-13H,2-4,6-8H2,1H3,(H,25,29). The van der Waals surface area contributed by atoms with E-state index in [2.05, 4.69) is 15.5 Å². The molecule has 1 atom stereocenters. The zero-order valence-corrected chi connectivity index (χ0v) is 17.9. The predicted molar refractivity (Wildman–Crippen MR) is 107 cm³/mol. The molecule has 6 rings (SSSR count). The van der Waals surface area contributed by atoms with Crippen LogP contribution in [0.2, 0.25) is 5.02 Å². The number of thioether (sulfide) groups is 1. The highest BCUT2D eigenvalue weighted by atomic mass is 35.5. The number of pyridine rings is 1. The van der Waals surface area contributed by atoms with Crippen molar-refractivity contribution in [3.8, 4) is 0 Å². The van der Waals surface area contributed by atoms with Crippen LogP contribution < -0.4 is 5.32 Å². The number of fused-ring (bicyclic) bond motifs is 1. The van der Waals surface area contributed by atoms with Gasteiger partial charge in [0, 0.05) is 11.7 Å². The first-order valence-corrected chi connectivity index (χ1v) is 11.5. The summed E-state index contributed by atoms with van der Waals surface area (Å²) < 4.78 is 40.7. The summed E-state index contributed by atoms with van der Waals surface area (Å²) in [7, 11) is 0. The van der Waals surface area contributed by atoms with Crippen LogP contribution in [0.3, 0.4) is 0 Å². The third-order valence-corrected chi connectivity index (χ3v) is 8.17. The molecule has 10 heteroatoms. The van der Waals surface area contributed by atoms with Crippen molar-refractivity contribution in [2.75, 3.05) is 0 Å². The molecule has 4 bridgehead atoms. The fraction of sp³-hybridized carbons (Fsp3) is 0.650. The van der Waals surface area contributed by atoms with Crippen molar-refractivity contribution in [3.05, 3.63) is 22.8 Å². The van der Waals surface area contributed by atoms with Gasteiger partial charge in [-0.2, -0.15) is 13.2 Å². The van der Waals surface area contributed by atoms with Crippen molar-refractivity contribution in [2.45, 2.75) is 67.6 Å². The second kappa shape index (κ2) is 7.02. The van der Waals surface area contributed by atoms with Crippen molar-refractivity contribution in [1.29, 1.82) is 0 Å². The van der Waals surface area contributed by atoms with Crippen LogP contribution in [-0.4, -0.2) is 31.3 Å². The van der Waals surface area contributed by atoms with Gasteiger partial charge in [0.2, 0.25) is 5.91 Å². The lowest BCUT2D eigenvalue weighted by molar-refractivity contribution is -0.138. The van der Waals surface area contributed by atoms with Gasteiger partial charge in [-0.15, -0.1) is 10.2 Å². The van der Waals surface area contributed by atoms with E-state index < -0.39 is 17.0 Å². The monoisotopic (exact) mass is 458 g/mol. The Bertz CT molecular complexity index is 973. The number of nitrogens with zero attached hydrogens (tertiary/aromatic N) is 3. The Balaban J connectivity index is 1.34. The largest absolute Gasteiger partial charge is 0.417 e. The van der Waals surface area contributed by atoms with Gasteiger partial charge >= 0.3 is 6.18 Å². The van der Waals surface area contributed by atoms with Gasteiger partial charge in [0.25, 0.3) is 0 Å². The Hall–Kier alpha value is -1.48. The fourth-order valence-electron chi connectivity index (χ4n) is 6.01. The number of carbonyl (C=O) groups excluding carboxylic acids is 1. The van der Waals surface area contributed by atoms with Gasteiger partial charge in [-0.05, 0) is 69.3 Å². The van der Waals surface area contributed by atoms with E-state index in [-0.39, 0.29) is 27.3 Å². The first-order chi connectivity index (χ1) is 14.1. The summed E-state index contributed by atoms with van der Waals surface area (Å²) in [5.41, 5.74) is -0.853. The smallest absolute Gasteiger partial charge is 0.350 e. The number of carbonyl (C=O) groups is 1. The number of hydrogen-bond donors (Lipinski definition) is 1. The third kappa shape index (κ3) is 3.57. The van der Waals surface area contributed by atoms with E-state index in [9.17, 15) is 18.0 Å². The predicted octanol–water partition coefficient (Wildman–Crippen LogP) is 4.97. The molecule has 0 saturated heterocycles. The van der Waals surface area contributed by atoms with E-state index in [4.69, 9.17) is 11.6 Å². The lowest BCUT2D eigenvalue weighted by Crippen LogP contribution is -2.60. The number of hydrogen-bond acceptors (Lipinski definition) is 4. The molecule has 0 aromatic carbocycles. The molecule has 4 aliphatic carbocycles. The second-order valence-electron chi connectivity index (χ2n) is 9.20. The zero-order chi connectivity index (χ0) is 21.3. The maximum Gasteiger partial charge on any atom is 0.417 e. The Morgan fingerprint density at radius 1 is 1.23 bits per heavy atom. The second-order valence-corrected chi connectivity index (χ2v) is 10.9. The van der Waals surface area contributed by atoms with Crippen LogP contribution in [0.5, 0.6) is 0 Å². The van der Waals surface area contributed by atoms with E-state index in [1.165, 1.54) is 23.7 Å². The Kier molecular flexibility index (Phi) is 4.78. The molecule has 0 aliphatic heterocycles. The molecule has 30 heavy (non-hydrogen) atoms. The normalized spacial score (nSPS) is 31.3. The van der Waals surface area contributed by atoms with Crippen molar-refractivity contribution >= 4 is 34.9 Å². The number of amides is 1. The summed E-state index contributed by atoms with van der Waals surface area (Å²) in [6.45, 7) is 1.75. The number of alkyl halides is 3. The topological polar surface area (TPSA) is 59.3 Å². The van der Waals surface area contributed by atoms with Gasteiger partial charge in [0.05, 0.1) is 15.8 Å². The fourth-order valence-corrected chi connectivity index (χ4v) is 7.08. The minimum atomic E-state index is -4.54. The average Bonchev–Trinajstić information content (AvgIpc) is 3.03. The molecule has 4 fully saturated rings. The minimum absolute atomic E-state index is 0.100. The minimum Gasteiger partial charge on any atom is -0.350 e. The number of halogens is 4. The molecule has 2 aromatic rings. The Morgan fingerprint density at radius 2 is 1.83 bits per heavy atom. The third-order valence-electron chi connectivity index (χ3n) is 6.83. The van der Waals surface area contributed by atoms with E-state index in [0.29, 0.717) is 17.8 Å². The first kappa shape index (κ1) is 20.4. The zero-order valence-electron chi connectivity index (χ0n) is 16.4. The van der Waals surface area contributed by atoms with Gasteiger partial charge in [-0.3, -0.25) is 9.20 Å². The lowest BCUT2D eigenvalue weighted by atomic mass is 9.53. The van der Waals surface area contributed by atoms with E-state index >= 15 is 0 Å². The molecule has 4 saturated carbocycles. The van der Waals surface area contributed by atoms with Crippen molar-refractivity contribution in [3.63, 3.8) is 0 Å². The maximum atomic E-state index is 13.2. The van der Waals surface area contributed by atoms with E-state index in [1.807, 2.05) is 0 Å². The van der Waals surface area contributed by atoms with Gasteiger partial charge in [-0.1, -0.05) is 23.4 Å². The molecular weight excluding hydrogens is 437 g/mol. The highest BCUT2D eigenvalue weighted by Gasteiger charge is 2.51. The molecule has 1 N–H and O–H groups in total. The summed E-state index contributed by atoms with van der Waals surface area (Å²) in [5, 5.41) is 10.7. The molecule has 0 radical (unpaired) electrons. The average molecular weight is 459 g/mol. The molecule has 5 nitrogen and oxygen atoms in total. The Morgan fingerprint density at radius 3 is 2.40 bits per heavy atom. The summed E-state index contributed by atoms with van der Waals surface area (Å²) in [4.78, 5) is 13.0. The van der Waals surface area contributed by atoms with Crippen molar-refractivity contribution in [2.24, 2.45) is 17.8 Å². The number of aromatic nitrogens is 3. The summed E-state index contributed by atoms with van der Waals surface area (Å²) >= 11 is 7.07. The quantitative estimate of drug-likeness (QED) is 0.657. The maximum absolute atomic E-state index is 13.2. The molecule has 0 spiro atoms. The van der Waals surface area contributed by atoms with Crippen LogP contribution in [0.1, 0.15) is 51.0 Å². The number of rotatable bonds is 4. The highest BCUT2D eigenvalue weighted by Crippen LogP contribution is 2.55. The summed E-state index contributed by atoms with van der Waals surface area (Å²) in [5.74, 6) is 2.03. The van der Waals surface area contributed by atoms with Gasteiger partial charge in [0.15, 0.2) is 10.8 Å². The van der Waals surface area contributed by atoms with Crippen molar-refractivity contribution < 1.29 is 18.0 Å². The van der Waals surface area contributed by atoms with Gasteiger partial charge in [-0.25, -0.2) is 0 Å².